The number of phosphoric ester groups is 1. The number of likely N-dealkylation sites (N-methyl/N-ethyl adjacent to an activating group) is 1. The number of nitrogens with one attached hydrogen (secondary N) is 1. The first-order valence-electron chi connectivity index (χ1n) is 25.1. The molecule has 8 nitrogen and oxygen atoms in total. The lowest BCUT2D eigenvalue weighted by molar-refractivity contribution is -0.870. The Kier molecular flexibility index (Phi) is 41.0. The minimum Gasteiger partial charge on any atom is -0.391 e. The van der Waals surface area contributed by atoms with Crippen molar-refractivity contribution in [3.8, 4) is 0 Å². The highest BCUT2D eigenvalue weighted by Gasteiger charge is 2.28. The first kappa shape index (κ1) is 57.2. The average molecular weight is 844 g/mol. The van der Waals surface area contributed by atoms with Gasteiger partial charge in [0, 0.05) is 6.42 Å². The molecule has 0 aliphatic rings. The van der Waals surface area contributed by atoms with Gasteiger partial charge in [-0.2, -0.15) is 0 Å². The second kappa shape index (κ2) is 41.6. The van der Waals surface area contributed by atoms with Crippen molar-refractivity contribution in [2.45, 2.75) is 257 Å². The number of hydrogen-bond donors (Lipinski definition) is 3. The van der Waals surface area contributed by atoms with E-state index in [9.17, 15) is 19.4 Å². The Labute approximate surface area is 361 Å². The largest absolute Gasteiger partial charge is 0.472 e. The van der Waals surface area contributed by atoms with Crippen LogP contribution in [0.4, 0.5) is 0 Å². The number of carbonyl (C=O) groups is 1. The van der Waals surface area contributed by atoms with Gasteiger partial charge >= 0.3 is 7.82 Å². The van der Waals surface area contributed by atoms with E-state index in [4.69, 9.17) is 9.05 Å². The summed E-state index contributed by atoms with van der Waals surface area (Å²) in [6.07, 6.45) is 48.1. The number of aliphatic hydroxyl groups excluding tert-OH is 1. The molecule has 0 saturated heterocycles. The molecule has 0 rings (SSSR count). The summed E-state index contributed by atoms with van der Waals surface area (Å²) in [5.41, 5.74) is 0. The molecule has 3 N–H and O–H groups in total. The van der Waals surface area contributed by atoms with Crippen LogP contribution in [0.3, 0.4) is 0 Å². The molecule has 3 atom stereocenters. The SMILES string of the molecule is CCCCCCCC/C=C\CCCCCCCCCCCCCCCC(=O)N[C@@H](COP(=O)(O)OCC[N+](C)(C)C)[C@H](O)CCCCCCCCCCCCCCC. The molecule has 0 aliphatic heterocycles. The van der Waals surface area contributed by atoms with E-state index in [0.717, 1.165) is 38.5 Å². The van der Waals surface area contributed by atoms with Crippen molar-refractivity contribution in [1.29, 1.82) is 0 Å². The van der Waals surface area contributed by atoms with E-state index in [1.54, 1.807) is 0 Å². The standard InChI is InChI=1S/C49H99N2O6P/c1-6-8-10-12-14-16-18-20-21-22-23-24-25-26-27-28-29-31-33-35-37-39-41-43-49(53)50-47(46-57-58(54,55)56-45-44-51(3,4)5)48(52)42-40-38-36-34-32-30-19-17-15-13-11-9-7-2/h20-21,47-48,52H,6-19,22-46H2,1-5H3,(H-,50,53,54,55)/p+1/b21-20-/t47-,48+/m0/s1. The zero-order valence-corrected chi connectivity index (χ0v) is 40.2. The first-order chi connectivity index (χ1) is 28.0. The van der Waals surface area contributed by atoms with Crippen LogP contribution in [0.5, 0.6) is 0 Å². The number of carbonyl (C=O) groups excluding carboxylic acids is 1. The van der Waals surface area contributed by atoms with Crippen LogP contribution in [-0.2, 0) is 18.4 Å². The number of nitrogens with zero attached hydrogens (tertiary/aromatic N) is 1. The van der Waals surface area contributed by atoms with Crippen molar-refractivity contribution in [1.82, 2.24) is 5.32 Å². The fourth-order valence-electron chi connectivity index (χ4n) is 7.51. The van der Waals surface area contributed by atoms with Gasteiger partial charge in [0.2, 0.25) is 5.91 Å². The Hall–Kier alpha value is -0.760. The van der Waals surface area contributed by atoms with Gasteiger partial charge in [-0.15, -0.1) is 0 Å². The fourth-order valence-corrected chi connectivity index (χ4v) is 8.25. The van der Waals surface area contributed by atoms with Gasteiger partial charge in [0.15, 0.2) is 0 Å². The smallest absolute Gasteiger partial charge is 0.391 e. The molecule has 0 fully saturated rings. The van der Waals surface area contributed by atoms with Crippen molar-refractivity contribution < 1.29 is 32.9 Å². The summed E-state index contributed by atoms with van der Waals surface area (Å²) in [7, 11) is 1.63. The minimum atomic E-state index is -4.31. The van der Waals surface area contributed by atoms with Crippen LogP contribution in [-0.4, -0.2) is 73.4 Å². The van der Waals surface area contributed by atoms with Gasteiger partial charge in [-0.1, -0.05) is 212 Å². The van der Waals surface area contributed by atoms with Gasteiger partial charge < -0.3 is 19.8 Å². The zero-order valence-electron chi connectivity index (χ0n) is 39.3. The molecule has 0 heterocycles. The molecule has 0 saturated carbocycles. The molecule has 1 amide bonds. The lowest BCUT2D eigenvalue weighted by atomic mass is 10.0. The van der Waals surface area contributed by atoms with E-state index in [0.29, 0.717) is 23.9 Å². The van der Waals surface area contributed by atoms with Crippen molar-refractivity contribution in [2.24, 2.45) is 0 Å². The molecule has 0 aromatic carbocycles. The van der Waals surface area contributed by atoms with Gasteiger partial charge in [0.25, 0.3) is 0 Å². The average Bonchev–Trinajstić information content (AvgIpc) is 3.17. The number of quaternary nitrogens is 1. The molecule has 346 valence electrons. The molecule has 0 bridgehead atoms. The summed E-state index contributed by atoms with van der Waals surface area (Å²) in [6, 6.07) is -0.756. The van der Waals surface area contributed by atoms with Gasteiger partial charge in [0.1, 0.15) is 13.2 Å². The van der Waals surface area contributed by atoms with Crippen LogP contribution in [0, 0.1) is 0 Å². The van der Waals surface area contributed by atoms with Crippen LogP contribution in [0.25, 0.3) is 0 Å². The van der Waals surface area contributed by atoms with Gasteiger partial charge in [-0.25, -0.2) is 4.57 Å². The monoisotopic (exact) mass is 844 g/mol. The van der Waals surface area contributed by atoms with Crippen molar-refractivity contribution in [3.05, 3.63) is 12.2 Å². The second-order valence-electron chi connectivity index (χ2n) is 18.5. The lowest BCUT2D eigenvalue weighted by Gasteiger charge is -2.26. The maximum Gasteiger partial charge on any atom is 0.472 e. The summed E-state index contributed by atoms with van der Waals surface area (Å²) in [6.45, 7) is 4.90. The van der Waals surface area contributed by atoms with Gasteiger partial charge in [-0.3, -0.25) is 13.8 Å². The van der Waals surface area contributed by atoms with Crippen molar-refractivity contribution >= 4 is 13.7 Å². The highest BCUT2D eigenvalue weighted by Crippen LogP contribution is 2.43. The molecule has 0 aliphatic carbocycles. The zero-order chi connectivity index (χ0) is 42.8. The highest BCUT2D eigenvalue weighted by molar-refractivity contribution is 7.47. The Morgan fingerprint density at radius 2 is 0.931 bits per heavy atom. The Bertz CT molecular complexity index is 958. The molecule has 9 heteroatoms. The van der Waals surface area contributed by atoms with E-state index in [-0.39, 0.29) is 19.1 Å². The Balaban J connectivity index is 4.18. The quantitative estimate of drug-likeness (QED) is 0.0244. The third-order valence-corrected chi connectivity index (χ3v) is 12.5. The number of allylic oxidation sites excluding steroid dienone is 2. The predicted octanol–water partition coefficient (Wildman–Crippen LogP) is 14.3. The number of aliphatic hydroxyl groups is 1. The molecule has 0 aromatic rings. The van der Waals surface area contributed by atoms with Crippen LogP contribution < -0.4 is 5.32 Å². The normalized spacial score (nSPS) is 14.3. The molecule has 1 unspecified atom stereocenters. The van der Waals surface area contributed by atoms with E-state index in [1.165, 1.54) is 180 Å². The van der Waals surface area contributed by atoms with E-state index >= 15 is 0 Å². The van der Waals surface area contributed by atoms with Crippen LogP contribution in [0.15, 0.2) is 12.2 Å². The minimum absolute atomic E-state index is 0.0771. The van der Waals surface area contributed by atoms with Crippen LogP contribution in [0.1, 0.15) is 245 Å². The number of amides is 1. The van der Waals surface area contributed by atoms with E-state index < -0.39 is 20.0 Å². The topological polar surface area (TPSA) is 105 Å². The summed E-state index contributed by atoms with van der Waals surface area (Å²) in [5, 5.41) is 14.0. The van der Waals surface area contributed by atoms with Crippen LogP contribution in [0.2, 0.25) is 0 Å². The van der Waals surface area contributed by atoms with E-state index in [2.05, 4.69) is 31.3 Å². The van der Waals surface area contributed by atoms with Gasteiger partial charge in [0.05, 0.1) is 39.9 Å². The highest BCUT2D eigenvalue weighted by atomic mass is 31.2. The lowest BCUT2D eigenvalue weighted by Crippen LogP contribution is -2.46. The van der Waals surface area contributed by atoms with Crippen LogP contribution >= 0.6 is 7.82 Å². The maximum atomic E-state index is 12.9. The number of hydrogen-bond acceptors (Lipinski definition) is 5. The maximum absolute atomic E-state index is 12.9. The fraction of sp³-hybridized carbons (Fsp3) is 0.939. The Morgan fingerprint density at radius 1 is 0.569 bits per heavy atom. The van der Waals surface area contributed by atoms with Crippen molar-refractivity contribution in [2.75, 3.05) is 40.9 Å². The molecular weight excluding hydrogens is 744 g/mol. The molecule has 58 heavy (non-hydrogen) atoms. The molecular formula is C49H100N2O6P+. The summed E-state index contributed by atoms with van der Waals surface area (Å²) in [5.74, 6) is -0.142. The molecule has 0 aromatic heterocycles. The summed E-state index contributed by atoms with van der Waals surface area (Å²) in [4.78, 5) is 23.2. The third-order valence-electron chi connectivity index (χ3n) is 11.5. The number of phosphoric acid groups is 1. The first-order valence-corrected chi connectivity index (χ1v) is 26.5. The van der Waals surface area contributed by atoms with E-state index in [1.807, 2.05) is 21.1 Å². The van der Waals surface area contributed by atoms with Crippen molar-refractivity contribution in [3.63, 3.8) is 0 Å². The molecule has 0 spiro atoms. The van der Waals surface area contributed by atoms with Gasteiger partial charge in [-0.05, 0) is 38.5 Å². The number of unbranched alkanes of at least 4 members (excludes halogenated alkanes) is 31. The second-order valence-corrected chi connectivity index (χ2v) is 20.0. The third kappa shape index (κ3) is 43.3. The number of rotatable bonds is 46. The summed E-state index contributed by atoms with van der Waals surface area (Å²) >= 11 is 0. The Morgan fingerprint density at radius 3 is 1.33 bits per heavy atom. The predicted molar refractivity (Wildman–Crippen MR) is 249 cm³/mol. The summed E-state index contributed by atoms with van der Waals surface area (Å²) < 4.78 is 23.7. The molecule has 0 radical (unpaired) electrons.